The van der Waals surface area contributed by atoms with E-state index in [1.807, 2.05) is 0 Å². The molecule has 0 saturated carbocycles. The molecule has 8 heteroatoms. The topological polar surface area (TPSA) is 110 Å². The molecule has 0 aliphatic carbocycles. The van der Waals surface area contributed by atoms with Crippen LogP contribution in [0.25, 0.3) is 0 Å². The lowest BCUT2D eigenvalue weighted by atomic mass is 10.1. The number of nitrogens with zero attached hydrogens (tertiary/aromatic N) is 2. The fraction of sp³-hybridized carbons (Fsp3) is 0.462. The number of nitrogens with two attached hydrogens (primary N) is 1. The molecule has 7 nitrogen and oxygen atoms in total. The first-order chi connectivity index (χ1) is 9.79. The number of aliphatic hydroxyl groups excluding tert-OH is 1. The highest BCUT2D eigenvalue weighted by Crippen LogP contribution is 2.26. The summed E-state index contributed by atoms with van der Waals surface area (Å²) in [4.78, 5) is 24.0. The third-order valence-corrected chi connectivity index (χ3v) is 2.98. The Morgan fingerprint density at radius 1 is 1.52 bits per heavy atom. The molecule has 0 atom stereocenters. The van der Waals surface area contributed by atoms with Crippen LogP contribution in [0.15, 0.2) is 12.1 Å². The summed E-state index contributed by atoms with van der Waals surface area (Å²) >= 11 is 0. The van der Waals surface area contributed by atoms with Gasteiger partial charge in [-0.3, -0.25) is 14.9 Å². The normalized spacial score (nSPS) is 10.7. The molecule has 0 aliphatic heterocycles. The van der Waals surface area contributed by atoms with Crippen molar-refractivity contribution in [3.63, 3.8) is 0 Å². The molecule has 0 unspecified atom stereocenters. The van der Waals surface area contributed by atoms with Crippen molar-refractivity contribution in [2.24, 2.45) is 0 Å². The maximum Gasteiger partial charge on any atom is 0.285 e. The lowest BCUT2D eigenvalue weighted by molar-refractivity contribution is -0.385. The van der Waals surface area contributed by atoms with E-state index in [-0.39, 0.29) is 30.4 Å². The summed E-state index contributed by atoms with van der Waals surface area (Å²) < 4.78 is 13.4. The van der Waals surface area contributed by atoms with E-state index in [1.165, 1.54) is 4.90 Å². The number of hydrogen-bond donors (Lipinski definition) is 2. The Labute approximate surface area is 121 Å². The maximum atomic E-state index is 13.4. The molecule has 0 fully saturated rings. The molecular formula is C13H18FN3O4. The number of carbonyl (C=O) groups is 1. The van der Waals surface area contributed by atoms with Gasteiger partial charge in [0, 0.05) is 19.2 Å². The van der Waals surface area contributed by atoms with Gasteiger partial charge in [0.05, 0.1) is 16.7 Å². The number of rotatable bonds is 6. The van der Waals surface area contributed by atoms with E-state index in [4.69, 9.17) is 10.8 Å². The summed E-state index contributed by atoms with van der Waals surface area (Å²) in [6, 6.07) is 1.40. The van der Waals surface area contributed by atoms with Gasteiger partial charge < -0.3 is 15.7 Å². The minimum absolute atomic E-state index is 0.107. The number of nitro groups is 1. The van der Waals surface area contributed by atoms with Crippen molar-refractivity contribution in [1.29, 1.82) is 0 Å². The number of carbonyl (C=O) groups excluding carboxylic acids is 1. The van der Waals surface area contributed by atoms with E-state index >= 15 is 0 Å². The Morgan fingerprint density at radius 2 is 2.14 bits per heavy atom. The zero-order valence-corrected chi connectivity index (χ0v) is 11.9. The molecule has 0 aromatic heterocycles. The van der Waals surface area contributed by atoms with Gasteiger partial charge in [-0.05, 0) is 26.3 Å². The third kappa shape index (κ3) is 3.88. The fourth-order valence-electron chi connectivity index (χ4n) is 1.89. The molecule has 1 aromatic carbocycles. The molecule has 0 spiro atoms. The van der Waals surface area contributed by atoms with Crippen LogP contribution in [0.3, 0.4) is 0 Å². The van der Waals surface area contributed by atoms with Gasteiger partial charge in [-0.1, -0.05) is 0 Å². The molecule has 3 N–H and O–H groups in total. The molecule has 116 valence electrons. The average molecular weight is 299 g/mol. The summed E-state index contributed by atoms with van der Waals surface area (Å²) in [5, 5.41) is 19.8. The lowest BCUT2D eigenvalue weighted by Gasteiger charge is -2.26. The molecule has 21 heavy (non-hydrogen) atoms. The van der Waals surface area contributed by atoms with Crippen molar-refractivity contribution in [3.05, 3.63) is 33.6 Å². The Hall–Kier alpha value is -2.22. The number of nitrogen functional groups attached to an aromatic ring is 1. The zero-order valence-electron chi connectivity index (χ0n) is 11.9. The van der Waals surface area contributed by atoms with Gasteiger partial charge in [0.25, 0.3) is 11.6 Å². The second kappa shape index (κ2) is 6.98. The van der Waals surface area contributed by atoms with Crippen LogP contribution >= 0.6 is 0 Å². The van der Waals surface area contributed by atoms with Crippen molar-refractivity contribution in [2.75, 3.05) is 18.9 Å². The Bertz CT molecular complexity index is 548. The molecule has 0 bridgehead atoms. The van der Waals surface area contributed by atoms with Crippen molar-refractivity contribution < 1.29 is 19.2 Å². The predicted molar refractivity (Wildman–Crippen MR) is 75.3 cm³/mol. The second-order valence-electron chi connectivity index (χ2n) is 4.82. The first-order valence-electron chi connectivity index (χ1n) is 6.44. The van der Waals surface area contributed by atoms with Crippen LogP contribution in [0.1, 0.15) is 30.6 Å². The summed E-state index contributed by atoms with van der Waals surface area (Å²) in [5.41, 5.74) is 4.19. The third-order valence-electron chi connectivity index (χ3n) is 2.98. The first-order valence-corrected chi connectivity index (χ1v) is 6.44. The van der Waals surface area contributed by atoms with Crippen molar-refractivity contribution in [3.8, 4) is 0 Å². The molecule has 0 radical (unpaired) electrons. The lowest BCUT2D eigenvalue weighted by Crippen LogP contribution is -2.38. The van der Waals surface area contributed by atoms with Gasteiger partial charge >= 0.3 is 0 Å². The standard InChI is InChI=1S/C13H18FN3O4/c1-8(2)16(4-3-5-18)13(19)9-6-11(15)10(14)7-12(9)17(20)21/h6-8,18H,3-5,15H2,1-2H3. The van der Waals surface area contributed by atoms with Crippen LogP contribution in [0.2, 0.25) is 0 Å². The Kier molecular flexibility index (Phi) is 5.60. The highest BCUT2D eigenvalue weighted by Gasteiger charge is 2.27. The molecule has 1 aromatic rings. The minimum atomic E-state index is -0.940. The first kappa shape index (κ1) is 16.8. The monoisotopic (exact) mass is 299 g/mol. The number of nitro benzene ring substituents is 1. The van der Waals surface area contributed by atoms with Crippen molar-refractivity contribution in [1.82, 2.24) is 4.90 Å². The van der Waals surface area contributed by atoms with Crippen LogP contribution in [0.4, 0.5) is 15.8 Å². The molecule has 1 rings (SSSR count). The highest BCUT2D eigenvalue weighted by atomic mass is 19.1. The number of benzene rings is 1. The van der Waals surface area contributed by atoms with Crippen LogP contribution in [0, 0.1) is 15.9 Å². The van der Waals surface area contributed by atoms with E-state index in [9.17, 15) is 19.3 Å². The quantitative estimate of drug-likeness (QED) is 0.470. The zero-order chi connectivity index (χ0) is 16.2. The van der Waals surface area contributed by atoms with E-state index in [2.05, 4.69) is 0 Å². The van der Waals surface area contributed by atoms with Crippen molar-refractivity contribution >= 4 is 17.3 Å². The second-order valence-corrected chi connectivity index (χ2v) is 4.82. The summed E-state index contributed by atoms with van der Waals surface area (Å²) in [7, 11) is 0. The van der Waals surface area contributed by atoms with Crippen LogP contribution < -0.4 is 5.73 Å². The summed E-state index contributed by atoms with van der Waals surface area (Å²) in [6.07, 6.45) is 0.342. The highest BCUT2D eigenvalue weighted by molar-refractivity contribution is 5.99. The average Bonchev–Trinajstić information content (AvgIpc) is 2.40. The van der Waals surface area contributed by atoms with Gasteiger partial charge in [0.2, 0.25) is 0 Å². The number of amides is 1. The van der Waals surface area contributed by atoms with Crippen LogP contribution in [0.5, 0.6) is 0 Å². The Morgan fingerprint density at radius 3 is 2.62 bits per heavy atom. The van der Waals surface area contributed by atoms with Gasteiger partial charge in [-0.2, -0.15) is 0 Å². The van der Waals surface area contributed by atoms with Gasteiger partial charge in [-0.25, -0.2) is 4.39 Å². The minimum Gasteiger partial charge on any atom is -0.396 e. The maximum absolute atomic E-state index is 13.4. The molecule has 0 aliphatic rings. The molecular weight excluding hydrogens is 281 g/mol. The van der Waals surface area contributed by atoms with Crippen molar-refractivity contribution in [2.45, 2.75) is 26.3 Å². The van der Waals surface area contributed by atoms with Gasteiger partial charge in [0.15, 0.2) is 5.82 Å². The number of aliphatic hydroxyl groups is 1. The number of halogens is 1. The molecule has 1 amide bonds. The summed E-state index contributed by atoms with van der Waals surface area (Å²) in [5.74, 6) is -1.55. The fourth-order valence-corrected chi connectivity index (χ4v) is 1.89. The van der Waals surface area contributed by atoms with E-state index in [1.54, 1.807) is 13.8 Å². The number of hydrogen-bond acceptors (Lipinski definition) is 5. The van der Waals surface area contributed by atoms with Gasteiger partial charge in [-0.15, -0.1) is 0 Å². The van der Waals surface area contributed by atoms with E-state index in [0.717, 1.165) is 6.07 Å². The molecule has 0 heterocycles. The SMILES string of the molecule is CC(C)N(CCCO)C(=O)c1cc(N)c(F)cc1[N+](=O)[O-]. The van der Waals surface area contributed by atoms with E-state index < -0.39 is 22.3 Å². The van der Waals surface area contributed by atoms with Gasteiger partial charge in [0.1, 0.15) is 5.56 Å². The van der Waals surface area contributed by atoms with Crippen LogP contribution in [-0.2, 0) is 0 Å². The number of anilines is 1. The summed E-state index contributed by atoms with van der Waals surface area (Å²) in [6.45, 7) is 3.62. The van der Waals surface area contributed by atoms with Crippen LogP contribution in [-0.4, -0.2) is 40.0 Å². The smallest absolute Gasteiger partial charge is 0.285 e. The molecule has 0 saturated heterocycles. The predicted octanol–water partition coefficient (Wildman–Crippen LogP) is 1.55. The Balaban J connectivity index is 3.26. The largest absolute Gasteiger partial charge is 0.396 e. The van der Waals surface area contributed by atoms with E-state index in [0.29, 0.717) is 12.5 Å².